The number of amides is 2. The van der Waals surface area contributed by atoms with Crippen LogP contribution in [0.4, 0.5) is 4.39 Å². The second-order valence-corrected chi connectivity index (χ2v) is 6.44. The number of rotatable bonds is 6. The van der Waals surface area contributed by atoms with Crippen molar-refractivity contribution in [2.24, 2.45) is 0 Å². The van der Waals surface area contributed by atoms with Crippen LogP contribution < -0.4 is 4.74 Å². The summed E-state index contributed by atoms with van der Waals surface area (Å²) in [7, 11) is 0. The van der Waals surface area contributed by atoms with Crippen molar-refractivity contribution in [3.05, 3.63) is 66.0 Å². The Morgan fingerprint density at radius 1 is 0.852 bits per heavy atom. The van der Waals surface area contributed by atoms with Gasteiger partial charge in [-0.25, -0.2) is 4.39 Å². The number of ether oxygens (including phenoxy) is 1. The van der Waals surface area contributed by atoms with Gasteiger partial charge in [0.25, 0.3) is 0 Å². The molecule has 0 radical (unpaired) electrons. The number of halogens is 1. The van der Waals surface area contributed by atoms with Crippen molar-refractivity contribution in [1.29, 1.82) is 0 Å². The summed E-state index contributed by atoms with van der Waals surface area (Å²) in [5.74, 6) is 0.290. The molecule has 1 aliphatic rings. The van der Waals surface area contributed by atoms with E-state index >= 15 is 0 Å². The van der Waals surface area contributed by atoms with E-state index in [9.17, 15) is 14.0 Å². The van der Waals surface area contributed by atoms with E-state index in [-0.39, 0.29) is 24.1 Å². The predicted octanol–water partition coefficient (Wildman–Crippen LogP) is 2.51. The highest BCUT2D eigenvalue weighted by Gasteiger charge is 2.24. The molecule has 6 heteroatoms. The SMILES string of the molecule is O=C(CCOc1ccccc1)N1CCN(C(=O)Cc2ccccc2F)CC1. The molecule has 0 bridgehead atoms. The number of piperazine rings is 1. The van der Waals surface area contributed by atoms with Gasteiger partial charge in [-0.2, -0.15) is 0 Å². The molecule has 142 valence electrons. The zero-order valence-electron chi connectivity index (χ0n) is 15.1. The zero-order chi connectivity index (χ0) is 19.1. The third-order valence-corrected chi connectivity index (χ3v) is 4.61. The van der Waals surface area contributed by atoms with Crippen molar-refractivity contribution in [2.75, 3.05) is 32.8 Å². The van der Waals surface area contributed by atoms with Crippen LogP contribution in [-0.2, 0) is 16.0 Å². The van der Waals surface area contributed by atoms with E-state index in [1.807, 2.05) is 30.3 Å². The molecule has 0 aliphatic carbocycles. The maximum Gasteiger partial charge on any atom is 0.227 e. The lowest BCUT2D eigenvalue weighted by atomic mass is 10.1. The fraction of sp³-hybridized carbons (Fsp3) is 0.333. The molecule has 2 aromatic carbocycles. The molecule has 1 fully saturated rings. The molecule has 0 N–H and O–H groups in total. The lowest BCUT2D eigenvalue weighted by Crippen LogP contribution is -2.51. The predicted molar refractivity (Wildman–Crippen MR) is 99.8 cm³/mol. The van der Waals surface area contributed by atoms with Gasteiger partial charge >= 0.3 is 0 Å². The Kier molecular flexibility index (Phi) is 6.41. The summed E-state index contributed by atoms with van der Waals surface area (Å²) in [6.45, 7) is 2.26. The van der Waals surface area contributed by atoms with E-state index in [0.29, 0.717) is 44.8 Å². The van der Waals surface area contributed by atoms with Crippen LogP contribution in [0.2, 0.25) is 0 Å². The quantitative estimate of drug-likeness (QED) is 0.785. The van der Waals surface area contributed by atoms with E-state index in [2.05, 4.69) is 0 Å². The second-order valence-electron chi connectivity index (χ2n) is 6.44. The van der Waals surface area contributed by atoms with Crippen LogP contribution in [0.5, 0.6) is 5.75 Å². The first-order valence-electron chi connectivity index (χ1n) is 9.10. The molecular formula is C21H23FN2O3. The third kappa shape index (κ3) is 5.29. The van der Waals surface area contributed by atoms with E-state index in [1.54, 1.807) is 28.0 Å². The summed E-state index contributed by atoms with van der Waals surface area (Å²) < 4.78 is 19.2. The number of para-hydroxylation sites is 1. The Morgan fingerprint density at radius 2 is 1.44 bits per heavy atom. The number of nitrogens with zero attached hydrogens (tertiary/aromatic N) is 2. The van der Waals surface area contributed by atoms with Crippen molar-refractivity contribution in [3.8, 4) is 5.75 Å². The minimum absolute atomic E-state index is 0.0205. The number of hydrogen-bond acceptors (Lipinski definition) is 3. The van der Waals surface area contributed by atoms with Crippen LogP contribution >= 0.6 is 0 Å². The topological polar surface area (TPSA) is 49.9 Å². The Morgan fingerprint density at radius 3 is 2.11 bits per heavy atom. The number of benzene rings is 2. The first-order chi connectivity index (χ1) is 13.1. The number of carbonyl (C=O) groups excluding carboxylic acids is 2. The monoisotopic (exact) mass is 370 g/mol. The highest BCUT2D eigenvalue weighted by Crippen LogP contribution is 2.12. The molecule has 0 unspecified atom stereocenters. The summed E-state index contributed by atoms with van der Waals surface area (Å²) in [6.07, 6.45) is 0.351. The average molecular weight is 370 g/mol. The Bertz CT molecular complexity index is 774. The van der Waals surface area contributed by atoms with Crippen LogP contribution in [0, 0.1) is 5.82 Å². The van der Waals surface area contributed by atoms with Gasteiger partial charge in [-0.3, -0.25) is 9.59 Å². The Balaban J connectivity index is 1.41. The van der Waals surface area contributed by atoms with E-state index in [1.165, 1.54) is 6.07 Å². The molecule has 5 nitrogen and oxygen atoms in total. The van der Waals surface area contributed by atoms with Gasteiger partial charge < -0.3 is 14.5 Å². The van der Waals surface area contributed by atoms with Crippen LogP contribution in [0.15, 0.2) is 54.6 Å². The minimum atomic E-state index is -0.363. The molecule has 1 aliphatic heterocycles. The molecule has 0 spiro atoms. The van der Waals surface area contributed by atoms with Crippen molar-refractivity contribution < 1.29 is 18.7 Å². The number of carbonyl (C=O) groups is 2. The Labute approximate surface area is 158 Å². The molecule has 1 saturated heterocycles. The standard InChI is InChI=1S/C21H23FN2O3/c22-19-9-5-4-6-17(19)16-21(26)24-13-11-23(12-14-24)20(25)10-15-27-18-7-2-1-3-8-18/h1-9H,10-16H2. The molecule has 2 amide bonds. The molecule has 0 saturated carbocycles. The van der Waals surface area contributed by atoms with Crippen LogP contribution in [0.3, 0.4) is 0 Å². The maximum absolute atomic E-state index is 13.7. The minimum Gasteiger partial charge on any atom is -0.493 e. The fourth-order valence-electron chi connectivity index (χ4n) is 3.05. The van der Waals surface area contributed by atoms with Crippen LogP contribution in [0.25, 0.3) is 0 Å². The molecule has 27 heavy (non-hydrogen) atoms. The normalized spacial score (nSPS) is 14.1. The van der Waals surface area contributed by atoms with Crippen molar-refractivity contribution in [2.45, 2.75) is 12.8 Å². The van der Waals surface area contributed by atoms with Crippen molar-refractivity contribution in [3.63, 3.8) is 0 Å². The highest BCUT2D eigenvalue weighted by atomic mass is 19.1. The summed E-state index contributed by atoms with van der Waals surface area (Å²) in [5.41, 5.74) is 0.402. The van der Waals surface area contributed by atoms with Gasteiger partial charge in [-0.05, 0) is 23.8 Å². The Hall–Kier alpha value is -2.89. The molecule has 3 rings (SSSR count). The summed E-state index contributed by atoms with van der Waals surface area (Å²) >= 11 is 0. The van der Waals surface area contributed by atoms with E-state index in [4.69, 9.17) is 4.74 Å². The van der Waals surface area contributed by atoms with Gasteiger partial charge in [0, 0.05) is 26.2 Å². The van der Waals surface area contributed by atoms with Crippen LogP contribution in [-0.4, -0.2) is 54.4 Å². The van der Waals surface area contributed by atoms with Crippen molar-refractivity contribution in [1.82, 2.24) is 9.80 Å². The first kappa shape index (κ1) is 18.9. The zero-order valence-corrected chi connectivity index (χ0v) is 15.1. The van der Waals surface area contributed by atoms with Gasteiger partial charge in [0.05, 0.1) is 19.4 Å². The van der Waals surface area contributed by atoms with E-state index in [0.717, 1.165) is 5.75 Å². The molecule has 0 aromatic heterocycles. The molecule has 1 heterocycles. The fourth-order valence-corrected chi connectivity index (χ4v) is 3.05. The smallest absolute Gasteiger partial charge is 0.227 e. The molecule has 0 atom stereocenters. The number of hydrogen-bond donors (Lipinski definition) is 0. The second kappa shape index (κ2) is 9.16. The van der Waals surface area contributed by atoms with Gasteiger partial charge in [0.2, 0.25) is 11.8 Å². The average Bonchev–Trinajstić information content (AvgIpc) is 2.70. The largest absolute Gasteiger partial charge is 0.493 e. The summed E-state index contributed by atoms with van der Waals surface area (Å²) in [4.78, 5) is 28.1. The van der Waals surface area contributed by atoms with Crippen molar-refractivity contribution >= 4 is 11.8 Å². The third-order valence-electron chi connectivity index (χ3n) is 4.61. The highest BCUT2D eigenvalue weighted by molar-refractivity contribution is 5.80. The molecule has 2 aromatic rings. The van der Waals surface area contributed by atoms with Gasteiger partial charge in [0.1, 0.15) is 11.6 Å². The summed E-state index contributed by atoms with van der Waals surface area (Å²) in [5, 5.41) is 0. The van der Waals surface area contributed by atoms with Gasteiger partial charge in [-0.1, -0.05) is 36.4 Å². The van der Waals surface area contributed by atoms with E-state index < -0.39 is 0 Å². The maximum atomic E-state index is 13.7. The first-order valence-corrected chi connectivity index (χ1v) is 9.10. The lowest BCUT2D eigenvalue weighted by Gasteiger charge is -2.35. The lowest BCUT2D eigenvalue weighted by molar-refractivity contribution is -0.139. The van der Waals surface area contributed by atoms with Crippen LogP contribution in [0.1, 0.15) is 12.0 Å². The molecular weight excluding hydrogens is 347 g/mol. The van der Waals surface area contributed by atoms with Gasteiger partial charge in [0.15, 0.2) is 0 Å². The van der Waals surface area contributed by atoms with Gasteiger partial charge in [-0.15, -0.1) is 0 Å². The summed E-state index contributed by atoms with van der Waals surface area (Å²) in [6, 6.07) is 15.7.